The molecule has 1 saturated carbocycles. The van der Waals surface area contributed by atoms with Crippen molar-refractivity contribution in [2.45, 2.75) is 38.7 Å². The molecule has 1 heterocycles. The Balaban J connectivity index is 1.41. The van der Waals surface area contributed by atoms with Gasteiger partial charge in [0.25, 0.3) is 5.91 Å². The summed E-state index contributed by atoms with van der Waals surface area (Å²) in [5, 5.41) is 0. The second-order valence-corrected chi connectivity index (χ2v) is 8.58. The number of alkyl halides is 1. The van der Waals surface area contributed by atoms with E-state index in [2.05, 4.69) is 4.99 Å². The molecule has 0 aromatic heterocycles. The molecule has 0 radical (unpaired) electrons. The molecule has 0 spiro atoms. The van der Waals surface area contributed by atoms with Crippen molar-refractivity contribution in [1.29, 1.82) is 0 Å². The first-order valence-corrected chi connectivity index (χ1v) is 11.0. The predicted molar refractivity (Wildman–Crippen MR) is 124 cm³/mol. The predicted octanol–water partition coefficient (Wildman–Crippen LogP) is 5.71. The van der Waals surface area contributed by atoms with Crippen molar-refractivity contribution >= 4 is 12.1 Å². The molecular formula is C27H24F2N2O2. The fourth-order valence-electron chi connectivity index (χ4n) is 4.16. The summed E-state index contributed by atoms with van der Waals surface area (Å²) >= 11 is 0. The minimum Gasteiger partial charge on any atom is -0.490 e. The van der Waals surface area contributed by atoms with Gasteiger partial charge in [0.15, 0.2) is 0 Å². The molecule has 0 bridgehead atoms. The average Bonchev–Trinajstić information content (AvgIpc) is 3.49. The van der Waals surface area contributed by atoms with Crippen LogP contribution in [0.3, 0.4) is 0 Å². The lowest BCUT2D eigenvalue weighted by molar-refractivity contribution is 0.0784. The smallest absolute Gasteiger partial charge is 0.254 e. The van der Waals surface area contributed by atoms with Gasteiger partial charge in [-0.05, 0) is 65.4 Å². The number of amides is 1. The van der Waals surface area contributed by atoms with Gasteiger partial charge < -0.3 is 9.64 Å². The number of fused-ring (bicyclic) bond motifs is 1. The SMILES string of the molecule is CN(Cc1ccc(CF)c2c1CN=C2)C(=O)c1ccc(-c2cccc(F)c2)c(OC2CC2)c1. The molecule has 3 aromatic carbocycles. The number of carbonyl (C=O) groups excluding carboxylic acids is 1. The van der Waals surface area contributed by atoms with Gasteiger partial charge in [-0.2, -0.15) is 0 Å². The Hall–Kier alpha value is -3.54. The van der Waals surface area contributed by atoms with Gasteiger partial charge in [-0.3, -0.25) is 9.79 Å². The average molecular weight is 446 g/mol. The number of benzene rings is 3. The summed E-state index contributed by atoms with van der Waals surface area (Å²) < 4.78 is 33.1. The molecule has 4 nitrogen and oxygen atoms in total. The van der Waals surface area contributed by atoms with E-state index >= 15 is 0 Å². The van der Waals surface area contributed by atoms with Crippen LogP contribution < -0.4 is 4.74 Å². The molecule has 168 valence electrons. The molecule has 0 unspecified atom stereocenters. The van der Waals surface area contributed by atoms with E-state index in [-0.39, 0.29) is 17.8 Å². The van der Waals surface area contributed by atoms with E-state index in [4.69, 9.17) is 4.74 Å². The second-order valence-electron chi connectivity index (χ2n) is 8.58. The quantitative estimate of drug-likeness (QED) is 0.467. The fourth-order valence-corrected chi connectivity index (χ4v) is 4.16. The van der Waals surface area contributed by atoms with Crippen LogP contribution in [0.2, 0.25) is 0 Å². The highest BCUT2D eigenvalue weighted by Crippen LogP contribution is 2.36. The summed E-state index contributed by atoms with van der Waals surface area (Å²) in [6.45, 7) is 0.356. The Morgan fingerprint density at radius 2 is 1.94 bits per heavy atom. The lowest BCUT2D eigenvalue weighted by Crippen LogP contribution is -2.27. The van der Waals surface area contributed by atoms with E-state index in [0.717, 1.165) is 35.1 Å². The monoisotopic (exact) mass is 446 g/mol. The van der Waals surface area contributed by atoms with Gasteiger partial charge in [0.05, 0.1) is 12.6 Å². The van der Waals surface area contributed by atoms with E-state index in [9.17, 15) is 13.6 Å². The van der Waals surface area contributed by atoms with E-state index in [1.807, 2.05) is 18.2 Å². The molecule has 0 N–H and O–H groups in total. The highest BCUT2D eigenvalue weighted by atomic mass is 19.1. The molecule has 1 aliphatic carbocycles. The maximum absolute atomic E-state index is 13.8. The van der Waals surface area contributed by atoms with Crippen LogP contribution in [0.5, 0.6) is 5.75 Å². The lowest BCUT2D eigenvalue weighted by atomic mass is 9.98. The Morgan fingerprint density at radius 3 is 2.70 bits per heavy atom. The molecule has 0 saturated heterocycles. The van der Waals surface area contributed by atoms with E-state index in [1.165, 1.54) is 12.1 Å². The maximum Gasteiger partial charge on any atom is 0.254 e. The van der Waals surface area contributed by atoms with Crippen molar-refractivity contribution in [2.75, 3.05) is 7.05 Å². The third kappa shape index (κ3) is 4.38. The van der Waals surface area contributed by atoms with Gasteiger partial charge in [-0.15, -0.1) is 0 Å². The number of ether oxygens (including phenoxy) is 1. The van der Waals surface area contributed by atoms with E-state index in [0.29, 0.717) is 35.5 Å². The first-order chi connectivity index (χ1) is 16.0. The highest BCUT2D eigenvalue weighted by Gasteiger charge is 2.26. The first-order valence-electron chi connectivity index (χ1n) is 11.0. The van der Waals surface area contributed by atoms with Gasteiger partial charge in [0.1, 0.15) is 18.2 Å². The number of carbonyl (C=O) groups is 1. The Morgan fingerprint density at radius 1 is 1.12 bits per heavy atom. The van der Waals surface area contributed by atoms with Crippen molar-refractivity contribution in [1.82, 2.24) is 4.90 Å². The van der Waals surface area contributed by atoms with Crippen LogP contribution in [0, 0.1) is 5.82 Å². The first kappa shape index (κ1) is 21.3. The third-order valence-electron chi connectivity index (χ3n) is 6.09. The number of hydrogen-bond donors (Lipinski definition) is 0. The minimum absolute atomic E-state index is 0.136. The molecule has 0 atom stereocenters. The number of hydrogen-bond acceptors (Lipinski definition) is 3. The molecule has 1 amide bonds. The summed E-state index contributed by atoms with van der Waals surface area (Å²) in [6, 6.07) is 15.3. The lowest BCUT2D eigenvalue weighted by Gasteiger charge is -2.21. The largest absolute Gasteiger partial charge is 0.490 e. The minimum atomic E-state index is -0.537. The molecular weight excluding hydrogens is 422 g/mol. The van der Waals surface area contributed by atoms with Crippen molar-refractivity contribution < 1.29 is 18.3 Å². The van der Waals surface area contributed by atoms with Crippen LogP contribution in [0.1, 0.15) is 45.5 Å². The Labute approximate surface area is 191 Å². The fraction of sp³-hybridized carbons (Fsp3) is 0.259. The molecule has 5 rings (SSSR count). The van der Waals surface area contributed by atoms with Crippen LogP contribution in [0.25, 0.3) is 11.1 Å². The van der Waals surface area contributed by atoms with Gasteiger partial charge in [0.2, 0.25) is 0 Å². The van der Waals surface area contributed by atoms with Gasteiger partial charge in [0, 0.05) is 36.5 Å². The molecule has 1 fully saturated rings. The number of rotatable bonds is 7. The van der Waals surface area contributed by atoms with Crippen LogP contribution in [-0.2, 0) is 19.8 Å². The normalized spacial score (nSPS) is 14.3. The van der Waals surface area contributed by atoms with Crippen molar-refractivity contribution in [3.63, 3.8) is 0 Å². The zero-order valence-electron chi connectivity index (χ0n) is 18.4. The number of nitrogens with zero attached hydrogens (tertiary/aromatic N) is 2. The Kier molecular flexibility index (Phi) is 5.67. The molecule has 2 aliphatic rings. The van der Waals surface area contributed by atoms with Crippen molar-refractivity contribution in [3.05, 3.63) is 88.2 Å². The molecule has 1 aliphatic heterocycles. The summed E-state index contributed by atoms with van der Waals surface area (Å²) in [4.78, 5) is 19.2. The zero-order valence-corrected chi connectivity index (χ0v) is 18.4. The van der Waals surface area contributed by atoms with Gasteiger partial charge >= 0.3 is 0 Å². The number of halogens is 2. The van der Waals surface area contributed by atoms with Crippen molar-refractivity contribution in [2.24, 2.45) is 4.99 Å². The van der Waals surface area contributed by atoms with Crippen LogP contribution >= 0.6 is 0 Å². The Bertz CT molecular complexity index is 1250. The summed E-state index contributed by atoms with van der Waals surface area (Å²) in [5.41, 5.74) is 5.36. The summed E-state index contributed by atoms with van der Waals surface area (Å²) in [5.74, 6) is 0.118. The number of aliphatic imine (C=N–C) groups is 1. The maximum atomic E-state index is 13.8. The molecule has 33 heavy (non-hydrogen) atoms. The second kappa shape index (κ2) is 8.77. The highest BCUT2D eigenvalue weighted by molar-refractivity contribution is 5.95. The van der Waals surface area contributed by atoms with E-state index in [1.54, 1.807) is 42.4 Å². The standard InChI is InChI=1S/C27H24F2N2O2/c1-31(16-20-6-5-19(13-28)24-14-30-15-25(20)24)27(32)18-7-10-23(17-3-2-4-21(29)11-17)26(12-18)33-22-8-9-22/h2-7,10-12,14,22H,8-9,13,15-16H2,1H3. The topological polar surface area (TPSA) is 41.9 Å². The van der Waals surface area contributed by atoms with E-state index < -0.39 is 6.67 Å². The third-order valence-corrected chi connectivity index (χ3v) is 6.09. The molecule has 6 heteroatoms. The van der Waals surface area contributed by atoms with Crippen molar-refractivity contribution in [3.8, 4) is 16.9 Å². The van der Waals surface area contributed by atoms with Crippen LogP contribution in [-0.4, -0.2) is 30.2 Å². The summed E-state index contributed by atoms with van der Waals surface area (Å²) in [7, 11) is 1.75. The van der Waals surface area contributed by atoms with Gasteiger partial charge in [-0.1, -0.05) is 24.3 Å². The van der Waals surface area contributed by atoms with Gasteiger partial charge in [-0.25, -0.2) is 8.78 Å². The van der Waals surface area contributed by atoms with Crippen LogP contribution in [0.15, 0.2) is 59.6 Å². The zero-order chi connectivity index (χ0) is 22.9. The van der Waals surface area contributed by atoms with Crippen LogP contribution in [0.4, 0.5) is 8.78 Å². The summed E-state index contributed by atoms with van der Waals surface area (Å²) in [6.07, 6.45) is 3.80. The molecule has 3 aromatic rings.